The Morgan fingerprint density at radius 2 is 1.94 bits per heavy atom. The molecule has 1 aromatic carbocycles. The van der Waals surface area contributed by atoms with Gasteiger partial charge in [-0.25, -0.2) is 9.59 Å². The van der Waals surface area contributed by atoms with Gasteiger partial charge in [0.05, 0.1) is 15.7 Å². The lowest BCUT2D eigenvalue weighted by Gasteiger charge is -2.13. The van der Waals surface area contributed by atoms with E-state index in [-0.39, 0.29) is 17.1 Å². The highest BCUT2D eigenvalue weighted by molar-refractivity contribution is 14.1. The van der Waals surface area contributed by atoms with Gasteiger partial charge in [0.2, 0.25) is 0 Å². The van der Waals surface area contributed by atoms with Crippen LogP contribution in [0.1, 0.15) is 17.3 Å². The van der Waals surface area contributed by atoms with E-state index in [1.165, 1.54) is 12.1 Å². The lowest BCUT2D eigenvalue weighted by Crippen LogP contribution is -2.12. The third kappa shape index (κ3) is 3.76. The van der Waals surface area contributed by atoms with E-state index in [0.717, 1.165) is 0 Å². The minimum absolute atomic E-state index is 0.0607. The maximum Gasteiger partial charge on any atom is 0.341 e. The summed E-state index contributed by atoms with van der Waals surface area (Å²) in [5.74, 6) is -1.73. The van der Waals surface area contributed by atoms with E-state index in [9.17, 15) is 9.59 Å². The Balaban J connectivity index is 3.13. The van der Waals surface area contributed by atoms with Crippen molar-refractivity contribution in [1.29, 1.82) is 0 Å². The first-order valence-corrected chi connectivity index (χ1v) is 6.07. The van der Waals surface area contributed by atoms with Crippen LogP contribution < -0.4 is 9.47 Å². The van der Waals surface area contributed by atoms with Crippen molar-refractivity contribution in [1.82, 2.24) is 0 Å². The van der Waals surface area contributed by atoms with Crippen LogP contribution in [0.3, 0.4) is 0 Å². The molecule has 0 radical (unpaired) electrons. The van der Waals surface area contributed by atoms with Crippen molar-refractivity contribution in [2.75, 3.05) is 13.2 Å². The summed E-state index contributed by atoms with van der Waals surface area (Å²) in [4.78, 5) is 21.4. The van der Waals surface area contributed by atoms with Crippen LogP contribution in [-0.4, -0.2) is 35.4 Å². The van der Waals surface area contributed by atoms with Crippen molar-refractivity contribution >= 4 is 34.5 Å². The molecule has 0 bridgehead atoms. The number of carboxylic acids is 2. The lowest BCUT2D eigenvalue weighted by molar-refractivity contribution is -0.139. The first-order chi connectivity index (χ1) is 8.45. The van der Waals surface area contributed by atoms with E-state index in [2.05, 4.69) is 0 Å². The summed E-state index contributed by atoms with van der Waals surface area (Å²) in [7, 11) is 0. The number of aliphatic carboxylic acids is 1. The van der Waals surface area contributed by atoms with Crippen molar-refractivity contribution in [3.63, 3.8) is 0 Å². The van der Waals surface area contributed by atoms with Crippen LogP contribution in [0, 0.1) is 3.57 Å². The molecule has 0 heterocycles. The molecule has 0 unspecified atom stereocenters. The molecular weight excluding hydrogens is 355 g/mol. The SMILES string of the molecule is CCOc1cc(C(=O)O)cc(I)c1OCC(=O)O. The second-order valence-electron chi connectivity index (χ2n) is 3.21. The lowest BCUT2D eigenvalue weighted by atomic mass is 10.2. The maximum atomic E-state index is 10.9. The van der Waals surface area contributed by atoms with Gasteiger partial charge >= 0.3 is 11.9 Å². The topological polar surface area (TPSA) is 93.1 Å². The van der Waals surface area contributed by atoms with Crippen molar-refractivity contribution in [3.05, 3.63) is 21.3 Å². The molecule has 2 N–H and O–H groups in total. The first-order valence-electron chi connectivity index (χ1n) is 5.00. The van der Waals surface area contributed by atoms with Gasteiger partial charge in [-0.3, -0.25) is 0 Å². The molecule has 0 aliphatic carbocycles. The molecule has 0 saturated carbocycles. The summed E-state index contributed by atoms with van der Waals surface area (Å²) in [6, 6.07) is 2.70. The monoisotopic (exact) mass is 366 g/mol. The third-order valence-electron chi connectivity index (χ3n) is 1.90. The number of benzene rings is 1. The fourth-order valence-corrected chi connectivity index (χ4v) is 1.99. The fourth-order valence-electron chi connectivity index (χ4n) is 1.23. The van der Waals surface area contributed by atoms with E-state index in [4.69, 9.17) is 19.7 Å². The van der Waals surface area contributed by atoms with E-state index in [1.807, 2.05) is 22.6 Å². The highest BCUT2D eigenvalue weighted by Gasteiger charge is 2.16. The quantitative estimate of drug-likeness (QED) is 0.747. The average Bonchev–Trinajstić information content (AvgIpc) is 2.27. The molecule has 1 aromatic rings. The molecule has 0 aliphatic rings. The number of hydrogen-bond donors (Lipinski definition) is 2. The molecule has 7 heteroatoms. The summed E-state index contributed by atoms with van der Waals surface area (Å²) < 4.78 is 10.8. The molecule has 1 rings (SSSR count). The van der Waals surface area contributed by atoms with Gasteiger partial charge < -0.3 is 19.7 Å². The van der Waals surface area contributed by atoms with Crippen molar-refractivity contribution in [2.45, 2.75) is 6.92 Å². The zero-order valence-electron chi connectivity index (χ0n) is 9.47. The second-order valence-corrected chi connectivity index (χ2v) is 4.37. The van der Waals surface area contributed by atoms with Gasteiger partial charge in [0, 0.05) is 0 Å². The van der Waals surface area contributed by atoms with Gasteiger partial charge in [-0.15, -0.1) is 0 Å². The highest BCUT2D eigenvalue weighted by Crippen LogP contribution is 2.34. The number of rotatable bonds is 6. The van der Waals surface area contributed by atoms with Gasteiger partial charge in [-0.05, 0) is 41.6 Å². The standard InChI is InChI=1S/C11H11IO6/c1-2-17-8-4-6(11(15)16)3-7(12)10(8)18-5-9(13)14/h3-4H,2,5H2,1H3,(H,13,14)(H,15,16). The molecule has 0 amide bonds. The number of aromatic carboxylic acids is 1. The van der Waals surface area contributed by atoms with Crippen molar-refractivity contribution in [2.24, 2.45) is 0 Å². The fraction of sp³-hybridized carbons (Fsp3) is 0.273. The van der Waals surface area contributed by atoms with Crippen LogP contribution in [0.5, 0.6) is 11.5 Å². The van der Waals surface area contributed by atoms with E-state index >= 15 is 0 Å². The average molecular weight is 366 g/mol. The molecule has 0 atom stereocenters. The summed E-state index contributed by atoms with van der Waals surface area (Å²) >= 11 is 1.87. The van der Waals surface area contributed by atoms with E-state index < -0.39 is 18.5 Å². The summed E-state index contributed by atoms with van der Waals surface area (Å²) in [6.07, 6.45) is 0. The predicted molar refractivity (Wildman–Crippen MR) is 70.4 cm³/mol. The van der Waals surface area contributed by atoms with Gasteiger partial charge in [0.25, 0.3) is 0 Å². The Labute approximate surface area is 117 Å². The van der Waals surface area contributed by atoms with E-state index in [1.54, 1.807) is 6.92 Å². The van der Waals surface area contributed by atoms with Crippen LogP contribution in [-0.2, 0) is 4.79 Å². The van der Waals surface area contributed by atoms with Gasteiger partial charge in [-0.1, -0.05) is 0 Å². The normalized spacial score (nSPS) is 9.89. The van der Waals surface area contributed by atoms with Crippen LogP contribution in [0.4, 0.5) is 0 Å². The Morgan fingerprint density at radius 3 is 2.44 bits per heavy atom. The molecule has 0 saturated heterocycles. The minimum Gasteiger partial charge on any atom is -0.490 e. The second kappa shape index (κ2) is 6.43. The third-order valence-corrected chi connectivity index (χ3v) is 2.70. The zero-order valence-corrected chi connectivity index (χ0v) is 11.6. The summed E-state index contributed by atoms with van der Waals surface area (Å²) in [5.41, 5.74) is 0.0607. The van der Waals surface area contributed by atoms with Crippen molar-refractivity contribution in [3.8, 4) is 11.5 Å². The molecule has 98 valence electrons. The molecule has 18 heavy (non-hydrogen) atoms. The van der Waals surface area contributed by atoms with Crippen LogP contribution in [0.15, 0.2) is 12.1 Å². The maximum absolute atomic E-state index is 10.9. The summed E-state index contributed by atoms with van der Waals surface area (Å²) in [6.45, 7) is 1.55. The first kappa shape index (κ1) is 14.6. The number of ether oxygens (including phenoxy) is 2. The molecule has 0 fully saturated rings. The number of hydrogen-bond acceptors (Lipinski definition) is 4. The Morgan fingerprint density at radius 1 is 1.28 bits per heavy atom. The minimum atomic E-state index is -1.12. The molecular formula is C11H11IO6. The largest absolute Gasteiger partial charge is 0.490 e. The molecule has 0 spiro atoms. The van der Waals surface area contributed by atoms with Crippen molar-refractivity contribution < 1.29 is 29.3 Å². The van der Waals surface area contributed by atoms with Crippen LogP contribution in [0.25, 0.3) is 0 Å². The highest BCUT2D eigenvalue weighted by atomic mass is 127. The van der Waals surface area contributed by atoms with Gasteiger partial charge in [-0.2, -0.15) is 0 Å². The predicted octanol–water partition coefficient (Wildman–Crippen LogP) is 1.85. The number of carboxylic acid groups (broad SMARTS) is 2. The van der Waals surface area contributed by atoms with Gasteiger partial charge in [0.1, 0.15) is 0 Å². The zero-order chi connectivity index (χ0) is 13.7. The molecule has 6 nitrogen and oxygen atoms in total. The van der Waals surface area contributed by atoms with E-state index in [0.29, 0.717) is 10.2 Å². The van der Waals surface area contributed by atoms with Gasteiger partial charge in [0.15, 0.2) is 18.1 Å². The molecule has 0 aromatic heterocycles. The summed E-state index contributed by atoms with van der Waals surface area (Å²) in [5, 5.41) is 17.5. The number of carbonyl (C=O) groups is 2. The van der Waals surface area contributed by atoms with Crippen LogP contribution >= 0.6 is 22.6 Å². The smallest absolute Gasteiger partial charge is 0.341 e. The number of halogens is 1. The molecule has 0 aliphatic heterocycles. The Bertz CT molecular complexity index is 471. The Hall–Kier alpha value is -1.51. The van der Waals surface area contributed by atoms with Crippen LogP contribution in [0.2, 0.25) is 0 Å². The Kier molecular flexibility index (Phi) is 5.20.